The van der Waals surface area contributed by atoms with Gasteiger partial charge < -0.3 is 15.6 Å². The molecule has 3 N–H and O–H groups in total. The molecule has 0 spiro atoms. The maximum atomic E-state index is 13.9. The number of benzene rings is 1. The Morgan fingerprint density at radius 3 is 2.95 bits per heavy atom. The molecule has 0 fully saturated rings. The standard InChI is InChI=1S/C13H16FN5O/c1-3-19-7-17-18-11(19)6-16-13(20)10-5-9(15)4-8(2)12(10)14/h4-5,7H,3,6,15H2,1-2H3,(H,16,20). The van der Waals surface area contributed by atoms with Crippen LogP contribution in [0.2, 0.25) is 0 Å². The van der Waals surface area contributed by atoms with Crippen LogP contribution in [0.3, 0.4) is 0 Å². The number of rotatable bonds is 4. The summed E-state index contributed by atoms with van der Waals surface area (Å²) >= 11 is 0. The van der Waals surface area contributed by atoms with E-state index in [1.54, 1.807) is 17.8 Å². The third kappa shape index (κ3) is 2.76. The van der Waals surface area contributed by atoms with Crippen LogP contribution in [0, 0.1) is 12.7 Å². The maximum absolute atomic E-state index is 13.9. The molecule has 0 aliphatic heterocycles. The fourth-order valence-electron chi connectivity index (χ4n) is 1.90. The summed E-state index contributed by atoms with van der Waals surface area (Å²) in [6, 6.07) is 2.81. The van der Waals surface area contributed by atoms with Gasteiger partial charge in [-0.2, -0.15) is 0 Å². The Morgan fingerprint density at radius 1 is 1.50 bits per heavy atom. The van der Waals surface area contributed by atoms with Crippen LogP contribution in [0.4, 0.5) is 10.1 Å². The smallest absolute Gasteiger partial charge is 0.254 e. The number of nitrogens with one attached hydrogen (secondary N) is 1. The van der Waals surface area contributed by atoms with Crippen molar-refractivity contribution in [2.45, 2.75) is 26.9 Å². The van der Waals surface area contributed by atoms with Gasteiger partial charge in [0.05, 0.1) is 12.1 Å². The Hall–Kier alpha value is -2.44. The average Bonchev–Trinajstić information content (AvgIpc) is 2.87. The number of nitrogens with zero attached hydrogens (tertiary/aromatic N) is 3. The molecule has 1 aromatic heterocycles. The van der Waals surface area contributed by atoms with Crippen molar-refractivity contribution in [1.82, 2.24) is 20.1 Å². The molecule has 0 saturated carbocycles. The Bertz CT molecular complexity index is 638. The minimum atomic E-state index is -0.561. The van der Waals surface area contributed by atoms with E-state index in [0.29, 0.717) is 23.6 Å². The van der Waals surface area contributed by atoms with Crippen LogP contribution >= 0.6 is 0 Å². The summed E-state index contributed by atoms with van der Waals surface area (Å²) in [5.74, 6) is -0.473. The van der Waals surface area contributed by atoms with Crippen LogP contribution < -0.4 is 11.1 Å². The zero-order valence-electron chi connectivity index (χ0n) is 11.4. The van der Waals surface area contributed by atoms with Crippen LogP contribution in [0.5, 0.6) is 0 Å². The van der Waals surface area contributed by atoms with Gasteiger partial charge in [-0.15, -0.1) is 10.2 Å². The lowest BCUT2D eigenvalue weighted by Gasteiger charge is -2.09. The molecule has 1 heterocycles. The van der Waals surface area contributed by atoms with Crippen LogP contribution in [-0.2, 0) is 13.1 Å². The van der Waals surface area contributed by atoms with Gasteiger partial charge in [-0.3, -0.25) is 4.79 Å². The largest absolute Gasteiger partial charge is 0.399 e. The predicted octanol–water partition coefficient (Wildman–Crippen LogP) is 1.26. The van der Waals surface area contributed by atoms with Crippen LogP contribution in [0.1, 0.15) is 28.7 Å². The van der Waals surface area contributed by atoms with E-state index < -0.39 is 11.7 Å². The maximum Gasteiger partial charge on any atom is 0.254 e. The fraction of sp³-hybridized carbons (Fsp3) is 0.308. The van der Waals surface area contributed by atoms with Gasteiger partial charge in [0.15, 0.2) is 5.82 Å². The number of hydrogen-bond donors (Lipinski definition) is 2. The lowest BCUT2D eigenvalue weighted by molar-refractivity contribution is 0.0945. The first-order chi connectivity index (χ1) is 9.52. The van der Waals surface area contributed by atoms with Crippen LogP contribution in [0.25, 0.3) is 0 Å². The molecular weight excluding hydrogens is 261 g/mol. The first-order valence-electron chi connectivity index (χ1n) is 6.23. The third-order valence-corrected chi connectivity index (χ3v) is 2.96. The average molecular weight is 277 g/mol. The second-order valence-corrected chi connectivity index (χ2v) is 4.42. The molecule has 0 radical (unpaired) electrons. The van der Waals surface area contributed by atoms with E-state index in [-0.39, 0.29) is 12.1 Å². The molecule has 6 nitrogen and oxygen atoms in total. The summed E-state index contributed by atoms with van der Waals surface area (Å²) in [5, 5.41) is 10.3. The van der Waals surface area contributed by atoms with Gasteiger partial charge in [-0.05, 0) is 31.5 Å². The highest BCUT2D eigenvalue weighted by atomic mass is 19.1. The second-order valence-electron chi connectivity index (χ2n) is 4.42. The Labute approximate surface area is 115 Å². The van der Waals surface area contributed by atoms with Crippen LogP contribution in [0.15, 0.2) is 18.5 Å². The minimum Gasteiger partial charge on any atom is -0.399 e. The number of carbonyl (C=O) groups excluding carboxylic acids is 1. The molecule has 0 aliphatic rings. The molecule has 7 heteroatoms. The molecular formula is C13H16FN5O. The summed E-state index contributed by atoms with van der Waals surface area (Å²) in [6.07, 6.45) is 1.58. The molecule has 20 heavy (non-hydrogen) atoms. The van der Waals surface area contributed by atoms with E-state index in [2.05, 4.69) is 15.5 Å². The molecule has 2 aromatic rings. The van der Waals surface area contributed by atoms with E-state index in [4.69, 9.17) is 5.73 Å². The van der Waals surface area contributed by atoms with Gasteiger partial charge in [-0.25, -0.2) is 4.39 Å². The molecule has 0 bridgehead atoms. The van der Waals surface area contributed by atoms with E-state index in [1.807, 2.05) is 6.92 Å². The lowest BCUT2D eigenvalue weighted by atomic mass is 10.1. The highest BCUT2D eigenvalue weighted by Gasteiger charge is 2.15. The van der Waals surface area contributed by atoms with Crippen molar-refractivity contribution in [3.8, 4) is 0 Å². The monoisotopic (exact) mass is 277 g/mol. The minimum absolute atomic E-state index is 0.0648. The highest BCUT2D eigenvalue weighted by molar-refractivity contribution is 5.95. The van der Waals surface area contributed by atoms with Gasteiger partial charge in [-0.1, -0.05) is 0 Å². The molecule has 2 rings (SSSR count). The summed E-state index contributed by atoms with van der Waals surface area (Å²) in [5.41, 5.74) is 6.26. The molecule has 0 atom stereocenters. The molecule has 0 saturated heterocycles. The SMILES string of the molecule is CCn1cnnc1CNC(=O)c1cc(N)cc(C)c1F. The van der Waals surface area contributed by atoms with Crippen molar-refractivity contribution in [3.63, 3.8) is 0 Å². The Kier molecular flexibility index (Phi) is 3.97. The molecule has 1 amide bonds. The van der Waals surface area contributed by atoms with E-state index in [1.165, 1.54) is 12.1 Å². The predicted molar refractivity (Wildman–Crippen MR) is 72.4 cm³/mol. The van der Waals surface area contributed by atoms with E-state index in [9.17, 15) is 9.18 Å². The van der Waals surface area contributed by atoms with Crippen LogP contribution in [-0.4, -0.2) is 20.7 Å². The summed E-state index contributed by atoms with van der Waals surface area (Å²) in [4.78, 5) is 12.0. The van der Waals surface area contributed by atoms with Crippen molar-refractivity contribution >= 4 is 11.6 Å². The van der Waals surface area contributed by atoms with E-state index in [0.717, 1.165) is 0 Å². The van der Waals surface area contributed by atoms with Crippen molar-refractivity contribution in [3.05, 3.63) is 41.2 Å². The summed E-state index contributed by atoms with van der Waals surface area (Å²) < 4.78 is 15.7. The first-order valence-corrected chi connectivity index (χ1v) is 6.23. The van der Waals surface area contributed by atoms with Crippen molar-refractivity contribution < 1.29 is 9.18 Å². The zero-order chi connectivity index (χ0) is 14.7. The summed E-state index contributed by atoms with van der Waals surface area (Å²) in [6.45, 7) is 4.38. The Balaban J connectivity index is 2.13. The number of hydrogen-bond acceptors (Lipinski definition) is 4. The Morgan fingerprint density at radius 2 is 2.25 bits per heavy atom. The van der Waals surface area contributed by atoms with Gasteiger partial charge >= 0.3 is 0 Å². The molecule has 0 aliphatic carbocycles. The highest BCUT2D eigenvalue weighted by Crippen LogP contribution is 2.17. The first kappa shape index (κ1) is 14.0. The number of amides is 1. The van der Waals surface area contributed by atoms with Crippen molar-refractivity contribution in [2.75, 3.05) is 5.73 Å². The van der Waals surface area contributed by atoms with Gasteiger partial charge in [0.1, 0.15) is 12.1 Å². The number of halogens is 1. The molecule has 0 unspecified atom stereocenters. The van der Waals surface area contributed by atoms with Crippen molar-refractivity contribution in [2.24, 2.45) is 0 Å². The molecule has 1 aromatic carbocycles. The number of aromatic nitrogens is 3. The zero-order valence-corrected chi connectivity index (χ0v) is 11.4. The number of anilines is 1. The third-order valence-electron chi connectivity index (χ3n) is 2.96. The fourth-order valence-corrected chi connectivity index (χ4v) is 1.90. The van der Waals surface area contributed by atoms with Gasteiger partial charge in [0.2, 0.25) is 0 Å². The van der Waals surface area contributed by atoms with Crippen molar-refractivity contribution in [1.29, 1.82) is 0 Å². The van der Waals surface area contributed by atoms with Gasteiger partial charge in [0, 0.05) is 12.2 Å². The normalized spacial score (nSPS) is 10.6. The number of nitrogen functional groups attached to an aromatic ring is 1. The number of nitrogens with two attached hydrogens (primary N) is 1. The van der Waals surface area contributed by atoms with E-state index >= 15 is 0 Å². The topological polar surface area (TPSA) is 85.8 Å². The lowest BCUT2D eigenvalue weighted by Crippen LogP contribution is -2.26. The molecule has 106 valence electrons. The second kappa shape index (κ2) is 5.68. The summed E-state index contributed by atoms with van der Waals surface area (Å²) in [7, 11) is 0. The number of aryl methyl sites for hydroxylation is 2. The quantitative estimate of drug-likeness (QED) is 0.824. The van der Waals surface area contributed by atoms with Gasteiger partial charge in [0.25, 0.3) is 5.91 Å². The number of carbonyl (C=O) groups is 1.